The van der Waals surface area contributed by atoms with Gasteiger partial charge in [-0.3, -0.25) is 14.4 Å². The van der Waals surface area contributed by atoms with E-state index in [4.69, 9.17) is 11.6 Å². The summed E-state index contributed by atoms with van der Waals surface area (Å²) >= 11 is 5.96. The lowest BCUT2D eigenvalue weighted by molar-refractivity contribution is -0.133. The number of hydrogen-bond donors (Lipinski definition) is 2. The van der Waals surface area contributed by atoms with Gasteiger partial charge in [-0.1, -0.05) is 23.7 Å². The number of piperidine rings is 1. The Labute approximate surface area is 146 Å². The number of hydrogen-bond acceptors (Lipinski definition) is 3. The zero-order chi connectivity index (χ0) is 17.5. The zero-order valence-corrected chi connectivity index (χ0v) is 14.4. The molecule has 1 aliphatic rings. The first kappa shape index (κ1) is 18.3. The van der Waals surface area contributed by atoms with Crippen molar-refractivity contribution in [2.24, 2.45) is 5.92 Å². The topological polar surface area (TPSA) is 78.5 Å². The van der Waals surface area contributed by atoms with Crippen molar-refractivity contribution < 1.29 is 14.4 Å². The van der Waals surface area contributed by atoms with Gasteiger partial charge in [-0.15, -0.1) is 0 Å². The van der Waals surface area contributed by atoms with Gasteiger partial charge in [0.1, 0.15) is 0 Å². The van der Waals surface area contributed by atoms with Crippen molar-refractivity contribution in [3.05, 3.63) is 34.9 Å². The van der Waals surface area contributed by atoms with Gasteiger partial charge >= 0.3 is 0 Å². The molecule has 24 heavy (non-hydrogen) atoms. The summed E-state index contributed by atoms with van der Waals surface area (Å²) in [5, 5.41) is 5.93. The van der Waals surface area contributed by atoms with Crippen molar-refractivity contribution in [3.63, 3.8) is 0 Å². The predicted octanol–water partition coefficient (Wildman–Crippen LogP) is 1.44. The van der Waals surface area contributed by atoms with Gasteiger partial charge < -0.3 is 15.5 Å². The number of benzene rings is 1. The maximum atomic E-state index is 12.2. The van der Waals surface area contributed by atoms with E-state index in [0.717, 1.165) is 12.8 Å². The Morgan fingerprint density at radius 2 is 1.92 bits per heavy atom. The van der Waals surface area contributed by atoms with Crippen LogP contribution in [0.25, 0.3) is 0 Å². The molecule has 1 aliphatic heterocycles. The maximum Gasteiger partial charge on any atom is 0.252 e. The highest BCUT2D eigenvalue weighted by atomic mass is 35.5. The third-order valence-corrected chi connectivity index (χ3v) is 4.40. The molecule has 0 spiro atoms. The lowest BCUT2D eigenvalue weighted by Gasteiger charge is -2.31. The van der Waals surface area contributed by atoms with Crippen LogP contribution in [0, 0.1) is 5.92 Å². The average Bonchev–Trinajstić information content (AvgIpc) is 2.58. The first-order valence-corrected chi connectivity index (χ1v) is 8.43. The number of nitrogens with one attached hydrogen (secondary N) is 2. The highest BCUT2D eigenvalue weighted by Gasteiger charge is 2.26. The van der Waals surface area contributed by atoms with E-state index < -0.39 is 0 Å². The number of carbonyl (C=O) groups excluding carboxylic acids is 3. The number of halogens is 1. The van der Waals surface area contributed by atoms with Gasteiger partial charge in [-0.25, -0.2) is 0 Å². The minimum Gasteiger partial charge on any atom is -0.354 e. The Morgan fingerprint density at radius 3 is 2.62 bits per heavy atom. The smallest absolute Gasteiger partial charge is 0.252 e. The Balaban J connectivity index is 1.72. The summed E-state index contributed by atoms with van der Waals surface area (Å²) in [6.45, 7) is 3.36. The van der Waals surface area contributed by atoms with E-state index >= 15 is 0 Å². The van der Waals surface area contributed by atoms with Crippen LogP contribution >= 0.6 is 11.6 Å². The molecule has 1 heterocycles. The molecule has 0 bridgehead atoms. The minimum absolute atomic E-state index is 0.000460. The van der Waals surface area contributed by atoms with E-state index in [2.05, 4.69) is 10.6 Å². The van der Waals surface area contributed by atoms with Crippen LogP contribution in [0.2, 0.25) is 5.02 Å². The fourth-order valence-corrected chi connectivity index (χ4v) is 2.95. The van der Waals surface area contributed by atoms with Gasteiger partial charge in [-0.05, 0) is 25.0 Å². The summed E-state index contributed by atoms with van der Waals surface area (Å²) in [6, 6.07) is 6.80. The number of nitrogens with zero attached hydrogens (tertiary/aromatic N) is 1. The lowest BCUT2D eigenvalue weighted by atomic mass is 9.97. The molecular weight excluding hydrogens is 330 g/mol. The largest absolute Gasteiger partial charge is 0.354 e. The lowest BCUT2D eigenvalue weighted by Crippen LogP contribution is -2.46. The monoisotopic (exact) mass is 351 g/mol. The normalized spacial score (nSPS) is 17.2. The Hall–Kier alpha value is -2.08. The molecule has 2 rings (SSSR count). The summed E-state index contributed by atoms with van der Waals surface area (Å²) in [4.78, 5) is 37.2. The second-order valence-electron chi connectivity index (χ2n) is 5.83. The molecule has 1 fully saturated rings. The van der Waals surface area contributed by atoms with Crippen molar-refractivity contribution in [3.8, 4) is 0 Å². The SMILES string of the molecule is CC(=O)N1CCC[C@H](C(=O)NCCNC(=O)c2ccccc2Cl)C1. The van der Waals surface area contributed by atoms with Crippen LogP contribution in [-0.4, -0.2) is 48.8 Å². The number of rotatable bonds is 5. The molecule has 1 saturated heterocycles. The van der Waals surface area contributed by atoms with Crippen LogP contribution in [0.15, 0.2) is 24.3 Å². The molecule has 7 heteroatoms. The third-order valence-electron chi connectivity index (χ3n) is 4.07. The van der Waals surface area contributed by atoms with Gasteiger partial charge in [0, 0.05) is 33.1 Å². The molecule has 1 atom stereocenters. The van der Waals surface area contributed by atoms with Gasteiger partial charge in [0.25, 0.3) is 5.91 Å². The number of likely N-dealkylation sites (tertiary alicyclic amines) is 1. The van der Waals surface area contributed by atoms with E-state index in [0.29, 0.717) is 36.8 Å². The molecular formula is C17H22ClN3O3. The van der Waals surface area contributed by atoms with E-state index in [1.54, 1.807) is 29.2 Å². The van der Waals surface area contributed by atoms with E-state index in [1.807, 2.05) is 0 Å². The molecule has 0 radical (unpaired) electrons. The van der Waals surface area contributed by atoms with Crippen molar-refractivity contribution in [1.82, 2.24) is 15.5 Å². The molecule has 130 valence electrons. The zero-order valence-electron chi connectivity index (χ0n) is 13.7. The highest BCUT2D eigenvalue weighted by molar-refractivity contribution is 6.33. The Kier molecular flexibility index (Phi) is 6.61. The Morgan fingerprint density at radius 1 is 1.21 bits per heavy atom. The van der Waals surface area contributed by atoms with Crippen LogP contribution in [0.5, 0.6) is 0 Å². The summed E-state index contributed by atoms with van der Waals surface area (Å²) in [6.07, 6.45) is 1.61. The van der Waals surface area contributed by atoms with E-state index in [-0.39, 0.29) is 23.6 Å². The van der Waals surface area contributed by atoms with Crippen LogP contribution in [0.1, 0.15) is 30.1 Å². The summed E-state index contributed by atoms with van der Waals surface area (Å²) in [5.74, 6) is -0.523. The standard InChI is InChI=1S/C17H22ClN3O3/c1-12(22)21-10-4-5-13(11-21)16(23)19-8-9-20-17(24)14-6-2-3-7-15(14)18/h2-3,6-7,13H,4-5,8-11H2,1H3,(H,19,23)(H,20,24)/t13-/m0/s1. The van der Waals surface area contributed by atoms with Gasteiger partial charge in [0.15, 0.2) is 0 Å². The van der Waals surface area contributed by atoms with E-state index in [9.17, 15) is 14.4 Å². The first-order chi connectivity index (χ1) is 11.5. The molecule has 0 aromatic heterocycles. The molecule has 1 aromatic rings. The molecule has 0 aliphatic carbocycles. The minimum atomic E-state index is -0.268. The predicted molar refractivity (Wildman–Crippen MR) is 91.8 cm³/mol. The average molecular weight is 352 g/mol. The van der Waals surface area contributed by atoms with Crippen molar-refractivity contribution in [1.29, 1.82) is 0 Å². The fraction of sp³-hybridized carbons (Fsp3) is 0.471. The van der Waals surface area contributed by atoms with Crippen molar-refractivity contribution in [2.45, 2.75) is 19.8 Å². The first-order valence-electron chi connectivity index (χ1n) is 8.05. The van der Waals surface area contributed by atoms with Gasteiger partial charge in [0.05, 0.1) is 16.5 Å². The third kappa shape index (κ3) is 4.96. The molecule has 0 saturated carbocycles. The number of carbonyl (C=O) groups is 3. The van der Waals surface area contributed by atoms with Crippen molar-refractivity contribution >= 4 is 29.3 Å². The van der Waals surface area contributed by atoms with Gasteiger partial charge in [0.2, 0.25) is 11.8 Å². The second-order valence-corrected chi connectivity index (χ2v) is 6.24. The molecule has 1 aromatic carbocycles. The van der Waals surface area contributed by atoms with Crippen molar-refractivity contribution in [2.75, 3.05) is 26.2 Å². The summed E-state index contributed by atoms with van der Waals surface area (Å²) in [7, 11) is 0. The van der Waals surface area contributed by atoms with Crippen LogP contribution in [-0.2, 0) is 9.59 Å². The number of amides is 3. The molecule has 2 N–H and O–H groups in total. The summed E-state index contributed by atoms with van der Waals surface area (Å²) in [5.41, 5.74) is 0.412. The molecule has 0 unspecified atom stereocenters. The second kappa shape index (κ2) is 8.68. The maximum absolute atomic E-state index is 12.2. The van der Waals surface area contributed by atoms with Crippen LogP contribution in [0.3, 0.4) is 0 Å². The highest BCUT2D eigenvalue weighted by Crippen LogP contribution is 2.16. The Bertz CT molecular complexity index is 621. The molecule has 6 nitrogen and oxygen atoms in total. The van der Waals surface area contributed by atoms with E-state index in [1.165, 1.54) is 6.92 Å². The van der Waals surface area contributed by atoms with Gasteiger partial charge in [-0.2, -0.15) is 0 Å². The quantitative estimate of drug-likeness (QED) is 0.788. The molecule has 3 amide bonds. The van der Waals surface area contributed by atoms with Crippen LogP contribution < -0.4 is 10.6 Å². The fourth-order valence-electron chi connectivity index (χ4n) is 2.72. The summed E-state index contributed by atoms with van der Waals surface area (Å²) < 4.78 is 0. The van der Waals surface area contributed by atoms with Crippen LogP contribution in [0.4, 0.5) is 0 Å².